The van der Waals surface area contributed by atoms with E-state index in [2.05, 4.69) is 69.3 Å². The molecule has 170 valence electrons. The van der Waals surface area contributed by atoms with Gasteiger partial charge in [0, 0.05) is 6.54 Å². The number of nitrogens with zero attached hydrogens (tertiary/aromatic N) is 1. The van der Waals surface area contributed by atoms with Gasteiger partial charge in [0.05, 0.1) is 0 Å². The molecule has 1 nitrogen and oxygen atoms in total. The van der Waals surface area contributed by atoms with Crippen LogP contribution in [0.4, 0.5) is 0 Å². The van der Waals surface area contributed by atoms with Gasteiger partial charge in [-0.3, -0.25) is 0 Å². The zero-order valence-electron chi connectivity index (χ0n) is 20.5. The monoisotopic (exact) mass is 411 g/mol. The molecule has 1 aromatic rings. The van der Waals surface area contributed by atoms with E-state index in [1.54, 1.807) is 6.08 Å². The van der Waals surface area contributed by atoms with Gasteiger partial charge in [0.1, 0.15) is 0 Å². The van der Waals surface area contributed by atoms with E-state index < -0.39 is 0 Å². The Balaban J connectivity index is 0.000000250. The highest BCUT2D eigenvalue weighted by Gasteiger charge is 2.29. The first-order valence-corrected chi connectivity index (χ1v) is 12.5. The molecule has 1 aliphatic carbocycles. The van der Waals surface area contributed by atoms with E-state index in [4.69, 9.17) is 0 Å². The Bertz CT molecular complexity index is 555. The maximum atomic E-state index is 3.56. The Hall–Kier alpha value is -1.34. The number of rotatable bonds is 7. The van der Waals surface area contributed by atoms with Gasteiger partial charge < -0.3 is 4.90 Å². The summed E-state index contributed by atoms with van der Waals surface area (Å²) in [6.45, 7) is 16.2. The van der Waals surface area contributed by atoms with E-state index in [9.17, 15) is 0 Å². The van der Waals surface area contributed by atoms with Gasteiger partial charge in [-0.25, -0.2) is 0 Å². The second-order valence-corrected chi connectivity index (χ2v) is 9.54. The summed E-state index contributed by atoms with van der Waals surface area (Å²) >= 11 is 0. The third-order valence-corrected chi connectivity index (χ3v) is 6.60. The minimum atomic E-state index is 0.896. The summed E-state index contributed by atoms with van der Waals surface area (Å²) in [6.07, 6.45) is 15.9. The van der Waals surface area contributed by atoms with Crippen LogP contribution < -0.4 is 0 Å². The van der Waals surface area contributed by atoms with Crippen LogP contribution in [0.15, 0.2) is 55.1 Å². The molecule has 0 bridgehead atoms. The van der Waals surface area contributed by atoms with Gasteiger partial charge in [0.2, 0.25) is 0 Å². The summed E-state index contributed by atoms with van der Waals surface area (Å²) in [7, 11) is 2.27. The van der Waals surface area contributed by atoms with Gasteiger partial charge in [-0.05, 0) is 63.1 Å². The Kier molecular flexibility index (Phi) is 14.6. The lowest BCUT2D eigenvalue weighted by molar-refractivity contribution is 0.105. The Labute approximate surface area is 188 Å². The van der Waals surface area contributed by atoms with Crippen LogP contribution in [0, 0.1) is 17.8 Å². The molecule has 1 aliphatic heterocycles. The molecule has 0 aromatic heterocycles. The molecule has 2 unspecified atom stereocenters. The molecular formula is C29H49N. The second kappa shape index (κ2) is 16.4. The fourth-order valence-electron chi connectivity index (χ4n) is 4.90. The number of hydrogen-bond acceptors (Lipinski definition) is 1. The van der Waals surface area contributed by atoms with Crippen molar-refractivity contribution < 1.29 is 0 Å². The lowest BCUT2D eigenvalue weighted by Gasteiger charge is -2.39. The second-order valence-electron chi connectivity index (χ2n) is 9.54. The highest BCUT2D eigenvalue weighted by atomic mass is 15.1. The molecule has 1 aromatic carbocycles. The van der Waals surface area contributed by atoms with Crippen LogP contribution >= 0.6 is 0 Å². The molecule has 1 saturated heterocycles. The van der Waals surface area contributed by atoms with Crippen molar-refractivity contribution in [1.29, 1.82) is 0 Å². The van der Waals surface area contributed by atoms with Crippen molar-refractivity contribution in [2.45, 2.75) is 85.0 Å². The van der Waals surface area contributed by atoms with Crippen LogP contribution in [0.5, 0.6) is 0 Å². The number of benzene rings is 1. The highest BCUT2D eigenvalue weighted by Crippen LogP contribution is 2.35. The van der Waals surface area contributed by atoms with E-state index in [0.717, 1.165) is 23.3 Å². The minimum Gasteiger partial charge on any atom is -0.306 e. The summed E-state index contributed by atoms with van der Waals surface area (Å²) in [6, 6.07) is 10.9. The first kappa shape index (κ1) is 26.7. The lowest BCUT2D eigenvalue weighted by Crippen LogP contribution is -2.39. The molecule has 0 amide bonds. The van der Waals surface area contributed by atoms with Crippen LogP contribution in [0.3, 0.4) is 0 Å². The SMILES string of the molecule is C=CC(=C)C.CCCC(CCC)Cc1ccccc1.CN1CCC2CCCCC2C1. The van der Waals surface area contributed by atoms with Crippen LogP contribution in [0.25, 0.3) is 0 Å². The average Bonchev–Trinajstić information content (AvgIpc) is 2.75. The van der Waals surface area contributed by atoms with Gasteiger partial charge in [-0.1, -0.05) is 114 Å². The van der Waals surface area contributed by atoms with Crippen molar-refractivity contribution in [2.75, 3.05) is 20.1 Å². The van der Waals surface area contributed by atoms with Gasteiger partial charge >= 0.3 is 0 Å². The van der Waals surface area contributed by atoms with Gasteiger partial charge in [-0.15, -0.1) is 0 Å². The third-order valence-electron chi connectivity index (χ3n) is 6.60. The number of piperidine rings is 1. The summed E-state index contributed by atoms with van der Waals surface area (Å²) < 4.78 is 0. The standard InChI is InChI=1S/C14H22.C10H19N.C5H8/c1-3-8-13(9-4-2)12-14-10-6-5-7-11-14;1-11-7-6-9-4-2-3-5-10(9)8-11;1-4-5(2)3/h5-7,10-11,13H,3-4,8-9,12H2,1-2H3;9-10H,2-8H2,1H3;4H,1-2H2,3H3. The van der Waals surface area contributed by atoms with Crippen LogP contribution in [-0.2, 0) is 6.42 Å². The quantitative estimate of drug-likeness (QED) is 0.408. The van der Waals surface area contributed by atoms with E-state index >= 15 is 0 Å². The van der Waals surface area contributed by atoms with Crippen molar-refractivity contribution in [3.05, 3.63) is 60.7 Å². The predicted molar refractivity (Wildman–Crippen MR) is 136 cm³/mol. The fraction of sp³-hybridized carbons (Fsp3) is 0.655. The molecule has 0 N–H and O–H groups in total. The molecule has 1 heteroatoms. The van der Waals surface area contributed by atoms with Gasteiger partial charge in [-0.2, -0.15) is 0 Å². The van der Waals surface area contributed by atoms with Crippen molar-refractivity contribution in [3.63, 3.8) is 0 Å². The molecule has 2 fully saturated rings. The maximum absolute atomic E-state index is 3.56. The Morgan fingerprint density at radius 2 is 1.60 bits per heavy atom. The van der Waals surface area contributed by atoms with Crippen molar-refractivity contribution in [1.82, 2.24) is 4.90 Å². The molecular weight excluding hydrogens is 362 g/mol. The maximum Gasteiger partial charge on any atom is 0.000926 e. The highest BCUT2D eigenvalue weighted by molar-refractivity contribution is 5.15. The average molecular weight is 412 g/mol. The molecule has 1 saturated carbocycles. The third kappa shape index (κ3) is 11.7. The van der Waals surface area contributed by atoms with Crippen molar-refractivity contribution in [2.24, 2.45) is 17.8 Å². The summed E-state index contributed by atoms with van der Waals surface area (Å²) in [5.41, 5.74) is 2.52. The fourth-order valence-corrected chi connectivity index (χ4v) is 4.90. The summed E-state index contributed by atoms with van der Waals surface area (Å²) in [5.74, 6) is 3.05. The number of likely N-dealkylation sites (tertiary alicyclic amines) is 1. The normalized spacial score (nSPS) is 20.8. The largest absolute Gasteiger partial charge is 0.306 e. The molecule has 0 spiro atoms. The van der Waals surface area contributed by atoms with Crippen LogP contribution in [0.1, 0.15) is 84.1 Å². The molecule has 1 heterocycles. The first-order chi connectivity index (χ1) is 14.5. The summed E-state index contributed by atoms with van der Waals surface area (Å²) in [5, 5.41) is 0. The van der Waals surface area contributed by atoms with Gasteiger partial charge in [0.15, 0.2) is 0 Å². The Morgan fingerprint density at radius 3 is 2.13 bits per heavy atom. The van der Waals surface area contributed by atoms with Crippen LogP contribution in [0.2, 0.25) is 0 Å². The molecule has 2 atom stereocenters. The number of fused-ring (bicyclic) bond motifs is 1. The minimum absolute atomic E-state index is 0.896. The smallest absolute Gasteiger partial charge is 0.000926 e. The number of allylic oxidation sites excluding steroid dienone is 2. The van der Waals surface area contributed by atoms with Crippen LogP contribution in [-0.4, -0.2) is 25.0 Å². The summed E-state index contributed by atoms with van der Waals surface area (Å²) in [4.78, 5) is 2.51. The van der Waals surface area contributed by atoms with Gasteiger partial charge in [0.25, 0.3) is 0 Å². The molecule has 0 radical (unpaired) electrons. The number of hydrogen-bond donors (Lipinski definition) is 0. The molecule has 30 heavy (non-hydrogen) atoms. The van der Waals surface area contributed by atoms with E-state index in [1.807, 2.05) is 6.92 Å². The van der Waals surface area contributed by atoms with E-state index in [-0.39, 0.29) is 0 Å². The first-order valence-electron chi connectivity index (χ1n) is 12.5. The van der Waals surface area contributed by atoms with E-state index in [1.165, 1.54) is 82.9 Å². The van der Waals surface area contributed by atoms with E-state index in [0.29, 0.717) is 0 Å². The van der Waals surface area contributed by atoms with Crippen molar-refractivity contribution in [3.8, 4) is 0 Å². The zero-order chi connectivity index (χ0) is 22.2. The topological polar surface area (TPSA) is 3.24 Å². The molecule has 2 aliphatic rings. The van der Waals surface area contributed by atoms with Crippen molar-refractivity contribution >= 4 is 0 Å². The Morgan fingerprint density at radius 1 is 1.03 bits per heavy atom. The lowest BCUT2D eigenvalue weighted by atomic mass is 9.75. The predicted octanol–water partition coefficient (Wildman–Crippen LogP) is 8.32. The molecule has 3 rings (SSSR count). The zero-order valence-corrected chi connectivity index (χ0v) is 20.5.